The minimum atomic E-state index is -0.488. The Balaban J connectivity index is 0.000000706. The van der Waals surface area contributed by atoms with Crippen molar-refractivity contribution in [2.24, 2.45) is 5.92 Å². The van der Waals surface area contributed by atoms with Gasteiger partial charge in [0, 0.05) is 12.3 Å². The number of benzene rings is 1. The molecule has 3 rings (SSSR count). The first-order chi connectivity index (χ1) is 9.68. The molecule has 1 aromatic rings. The van der Waals surface area contributed by atoms with Crippen molar-refractivity contribution in [2.45, 2.75) is 39.2 Å². The summed E-state index contributed by atoms with van der Waals surface area (Å²) in [5, 5.41) is 0. The monoisotopic (exact) mass is 293 g/mol. The summed E-state index contributed by atoms with van der Waals surface area (Å²) in [6, 6.07) is 9.91. The van der Waals surface area contributed by atoms with Crippen molar-refractivity contribution < 1.29 is 19.8 Å². The van der Waals surface area contributed by atoms with Crippen LogP contribution in [0.2, 0.25) is 0 Å². The number of rotatable bonds is 1. The molecule has 2 aliphatic heterocycles. The molecule has 3 atom stereocenters. The third kappa shape index (κ3) is 3.08. The van der Waals surface area contributed by atoms with Crippen LogP contribution in [0.3, 0.4) is 0 Å². The number of piperidine rings is 1. The number of ether oxygens (including phenoxy) is 1. The lowest BCUT2D eigenvalue weighted by molar-refractivity contribution is -0.133. The lowest BCUT2D eigenvalue weighted by atomic mass is 9.77. The Morgan fingerprint density at radius 1 is 1.14 bits per heavy atom. The van der Waals surface area contributed by atoms with Crippen molar-refractivity contribution in [3.8, 4) is 0 Å². The maximum Gasteiger partial charge on any atom is 0.416 e. The van der Waals surface area contributed by atoms with Gasteiger partial charge in [0.15, 0.2) is 0 Å². The molecule has 2 heterocycles. The van der Waals surface area contributed by atoms with Crippen LogP contribution in [0, 0.1) is 5.92 Å². The van der Waals surface area contributed by atoms with Gasteiger partial charge in [0.1, 0.15) is 6.61 Å². The van der Waals surface area contributed by atoms with E-state index < -0.39 is 6.09 Å². The Labute approximate surface area is 125 Å². The summed E-state index contributed by atoms with van der Waals surface area (Å²) >= 11 is 0. The molecular formula is C16H23NO4. The van der Waals surface area contributed by atoms with Gasteiger partial charge in [-0.3, -0.25) is 4.79 Å². The van der Waals surface area contributed by atoms with E-state index in [1.54, 1.807) is 0 Å². The number of fused-ring (bicyclic) bond motifs is 1. The number of cyclic esters (lactones) is 1. The average Bonchev–Trinajstić information content (AvgIpc) is 2.84. The zero-order valence-corrected chi connectivity index (χ0v) is 12.7. The van der Waals surface area contributed by atoms with E-state index in [1.165, 1.54) is 10.5 Å². The summed E-state index contributed by atoms with van der Waals surface area (Å²) in [6.45, 7) is 6.38. The van der Waals surface area contributed by atoms with E-state index in [2.05, 4.69) is 19.1 Å². The molecule has 2 N–H and O–H groups in total. The predicted molar refractivity (Wildman–Crippen MR) is 79.9 cm³/mol. The van der Waals surface area contributed by atoms with Crippen LogP contribution in [-0.2, 0) is 9.53 Å². The number of carbonyl (C=O) groups excluding carboxylic acids is 2. The van der Waals surface area contributed by atoms with Gasteiger partial charge in [0.25, 0.3) is 0 Å². The molecule has 2 saturated heterocycles. The second-order valence-corrected chi connectivity index (χ2v) is 5.03. The van der Waals surface area contributed by atoms with Crippen LogP contribution in [0.25, 0.3) is 0 Å². The molecule has 0 spiro atoms. The summed E-state index contributed by atoms with van der Waals surface area (Å²) in [4.78, 5) is 24.8. The highest BCUT2D eigenvalue weighted by Crippen LogP contribution is 2.40. The van der Waals surface area contributed by atoms with Crippen molar-refractivity contribution in [1.29, 1.82) is 0 Å². The van der Waals surface area contributed by atoms with Gasteiger partial charge in [-0.05, 0) is 11.5 Å². The van der Waals surface area contributed by atoms with Crippen LogP contribution in [0.5, 0.6) is 0 Å². The maximum atomic E-state index is 11.9. The highest BCUT2D eigenvalue weighted by atomic mass is 16.6. The summed E-state index contributed by atoms with van der Waals surface area (Å²) in [5.41, 5.74) is 1.17. The van der Waals surface area contributed by atoms with Crippen LogP contribution < -0.4 is 0 Å². The molecule has 0 aromatic heterocycles. The van der Waals surface area contributed by atoms with E-state index in [9.17, 15) is 9.59 Å². The van der Waals surface area contributed by atoms with Gasteiger partial charge in [0.2, 0.25) is 5.91 Å². The minimum Gasteiger partial charge on any atom is -0.447 e. The van der Waals surface area contributed by atoms with Crippen molar-refractivity contribution in [2.75, 3.05) is 6.61 Å². The normalized spacial score (nSPS) is 27.0. The molecule has 2 unspecified atom stereocenters. The number of nitrogens with zero attached hydrogens (tertiary/aromatic N) is 1. The predicted octanol–water partition coefficient (Wildman–Crippen LogP) is 2.36. The molecule has 0 aliphatic carbocycles. The molecule has 21 heavy (non-hydrogen) atoms. The number of hydrogen-bond donors (Lipinski definition) is 0. The molecule has 0 radical (unpaired) electrons. The second kappa shape index (κ2) is 7.22. The largest absolute Gasteiger partial charge is 0.447 e. The zero-order chi connectivity index (χ0) is 14.7. The molecule has 2 fully saturated rings. The van der Waals surface area contributed by atoms with Crippen molar-refractivity contribution in [1.82, 2.24) is 4.90 Å². The molecule has 0 bridgehead atoms. The van der Waals surface area contributed by atoms with Gasteiger partial charge in [-0.15, -0.1) is 0 Å². The third-order valence-corrected chi connectivity index (χ3v) is 3.88. The fourth-order valence-corrected chi connectivity index (χ4v) is 3.09. The van der Waals surface area contributed by atoms with Crippen molar-refractivity contribution in [3.63, 3.8) is 0 Å². The fraction of sp³-hybridized carbons (Fsp3) is 0.500. The summed E-state index contributed by atoms with van der Waals surface area (Å²) in [7, 11) is 0. The lowest BCUT2D eigenvalue weighted by Gasteiger charge is -2.37. The summed E-state index contributed by atoms with van der Waals surface area (Å²) < 4.78 is 5.04. The summed E-state index contributed by atoms with van der Waals surface area (Å²) in [5.74, 6) is 0.299. The summed E-state index contributed by atoms with van der Waals surface area (Å²) in [6.07, 6.45) is -0.0802. The highest BCUT2D eigenvalue weighted by Gasteiger charge is 2.48. The highest BCUT2D eigenvalue weighted by molar-refractivity contribution is 5.94. The standard InChI is InChI=1S/C14H15NO3.C2H6.H2O/c1-9-7-12(16)15-11(8-18-14(15)17)13(9)10-5-3-2-4-6-10;1-2;/h2-6,9,11,13H,7-8H2,1H3;1-2H3;1H2/t9?,11-,13?;;/m1../s1. The second-order valence-electron chi connectivity index (χ2n) is 5.03. The number of amides is 2. The number of hydrogen-bond acceptors (Lipinski definition) is 3. The Morgan fingerprint density at radius 3 is 2.38 bits per heavy atom. The van der Waals surface area contributed by atoms with Gasteiger partial charge in [-0.25, -0.2) is 9.69 Å². The molecule has 116 valence electrons. The Bertz CT molecular complexity index is 488. The van der Waals surface area contributed by atoms with E-state index in [4.69, 9.17) is 4.74 Å². The smallest absolute Gasteiger partial charge is 0.416 e. The van der Waals surface area contributed by atoms with Crippen LogP contribution in [0.1, 0.15) is 38.7 Å². The van der Waals surface area contributed by atoms with Gasteiger partial charge >= 0.3 is 6.09 Å². The van der Waals surface area contributed by atoms with E-state index in [1.807, 2.05) is 32.0 Å². The Hall–Kier alpha value is -1.88. The van der Waals surface area contributed by atoms with Gasteiger partial charge in [-0.1, -0.05) is 51.1 Å². The van der Waals surface area contributed by atoms with Gasteiger partial charge < -0.3 is 10.2 Å². The Kier molecular flexibility index (Phi) is 5.90. The quantitative estimate of drug-likeness (QED) is 0.797. The van der Waals surface area contributed by atoms with Crippen LogP contribution in [0.15, 0.2) is 30.3 Å². The number of imide groups is 1. The van der Waals surface area contributed by atoms with Crippen molar-refractivity contribution >= 4 is 12.0 Å². The molecule has 0 saturated carbocycles. The van der Waals surface area contributed by atoms with E-state index >= 15 is 0 Å². The SMILES string of the molecule is CC.CC1CC(=O)N2C(=O)OC[C@@H]2C1c1ccccc1.O. The molecular weight excluding hydrogens is 270 g/mol. The maximum absolute atomic E-state index is 11.9. The third-order valence-electron chi connectivity index (χ3n) is 3.88. The lowest BCUT2D eigenvalue weighted by Crippen LogP contribution is -2.49. The molecule has 5 heteroatoms. The van der Waals surface area contributed by atoms with E-state index in [0.717, 1.165) is 0 Å². The van der Waals surface area contributed by atoms with E-state index in [0.29, 0.717) is 13.0 Å². The zero-order valence-electron chi connectivity index (χ0n) is 12.7. The van der Waals surface area contributed by atoms with E-state index in [-0.39, 0.29) is 29.3 Å². The average molecular weight is 293 g/mol. The first-order valence-corrected chi connectivity index (χ1v) is 7.22. The van der Waals surface area contributed by atoms with Crippen LogP contribution >= 0.6 is 0 Å². The van der Waals surface area contributed by atoms with Crippen LogP contribution in [-0.4, -0.2) is 35.0 Å². The molecule has 2 aliphatic rings. The first-order valence-electron chi connectivity index (χ1n) is 7.22. The first kappa shape index (κ1) is 17.2. The molecule has 1 aromatic carbocycles. The van der Waals surface area contributed by atoms with Crippen LogP contribution in [0.4, 0.5) is 4.79 Å². The van der Waals surface area contributed by atoms with Crippen molar-refractivity contribution in [3.05, 3.63) is 35.9 Å². The van der Waals surface area contributed by atoms with Gasteiger partial charge in [-0.2, -0.15) is 0 Å². The number of carbonyl (C=O) groups is 2. The van der Waals surface area contributed by atoms with Gasteiger partial charge in [0.05, 0.1) is 6.04 Å². The molecule has 5 nitrogen and oxygen atoms in total. The minimum absolute atomic E-state index is 0. The molecule has 2 amide bonds. The topological polar surface area (TPSA) is 78.1 Å². The Morgan fingerprint density at radius 2 is 1.76 bits per heavy atom. The fourth-order valence-electron chi connectivity index (χ4n) is 3.09.